The van der Waals surface area contributed by atoms with Crippen LogP contribution in [0.15, 0.2) is 54.6 Å². The number of halogens is 3. The van der Waals surface area contributed by atoms with Crippen LogP contribution < -0.4 is 4.90 Å². The lowest BCUT2D eigenvalue weighted by Gasteiger charge is -2.20. The van der Waals surface area contributed by atoms with Gasteiger partial charge in [0.25, 0.3) is 5.91 Å². The van der Waals surface area contributed by atoms with Gasteiger partial charge in [0.2, 0.25) is 0 Å². The Hall–Kier alpha value is -2.83. The average Bonchev–Trinajstić information content (AvgIpc) is 2.60. The molecule has 0 aliphatic heterocycles. The largest absolute Gasteiger partial charge is 0.452 e. The Bertz CT molecular complexity index is 727. The Morgan fingerprint density at radius 3 is 2.12 bits per heavy atom. The summed E-state index contributed by atoms with van der Waals surface area (Å²) in [6.45, 7) is 1.67. The van der Waals surface area contributed by atoms with Crippen LogP contribution in [0.2, 0.25) is 0 Å². The van der Waals surface area contributed by atoms with Crippen molar-refractivity contribution in [3.63, 3.8) is 0 Å². The van der Waals surface area contributed by atoms with Gasteiger partial charge in [-0.15, -0.1) is 0 Å². The molecule has 25 heavy (non-hydrogen) atoms. The fourth-order valence-electron chi connectivity index (χ4n) is 2.19. The number of para-hydroxylation sites is 1. The highest BCUT2D eigenvalue weighted by atomic mass is 19.4. The Balaban J connectivity index is 1.98. The first-order valence-electron chi connectivity index (χ1n) is 7.52. The molecule has 7 heteroatoms. The average molecular weight is 351 g/mol. The van der Waals surface area contributed by atoms with E-state index >= 15 is 0 Å². The fourth-order valence-corrected chi connectivity index (χ4v) is 2.19. The SMILES string of the molecule is CCN(C(=O)COC(=O)c1ccc(C(F)(F)F)cc1)c1ccccc1. The second kappa shape index (κ2) is 7.83. The van der Waals surface area contributed by atoms with E-state index in [-0.39, 0.29) is 5.56 Å². The van der Waals surface area contributed by atoms with Gasteiger partial charge in [0.15, 0.2) is 6.61 Å². The maximum absolute atomic E-state index is 12.5. The number of nitrogens with zero attached hydrogens (tertiary/aromatic N) is 1. The van der Waals surface area contributed by atoms with Crippen molar-refractivity contribution < 1.29 is 27.5 Å². The molecule has 0 aliphatic rings. The molecule has 2 aromatic carbocycles. The molecule has 2 rings (SSSR count). The van der Waals surface area contributed by atoms with Crippen LogP contribution in [0.4, 0.5) is 18.9 Å². The first-order valence-corrected chi connectivity index (χ1v) is 7.52. The summed E-state index contributed by atoms with van der Waals surface area (Å²) < 4.78 is 42.4. The first-order chi connectivity index (χ1) is 11.8. The minimum Gasteiger partial charge on any atom is -0.452 e. The van der Waals surface area contributed by atoms with Crippen LogP contribution in [-0.4, -0.2) is 25.0 Å². The Morgan fingerprint density at radius 1 is 1.00 bits per heavy atom. The maximum atomic E-state index is 12.5. The van der Waals surface area contributed by atoms with Gasteiger partial charge in [0.05, 0.1) is 11.1 Å². The van der Waals surface area contributed by atoms with E-state index in [1.54, 1.807) is 31.2 Å². The molecule has 0 saturated heterocycles. The van der Waals surface area contributed by atoms with Gasteiger partial charge >= 0.3 is 12.1 Å². The number of esters is 1. The van der Waals surface area contributed by atoms with Gasteiger partial charge in [0, 0.05) is 12.2 Å². The third-order valence-electron chi connectivity index (χ3n) is 3.46. The van der Waals surface area contributed by atoms with Gasteiger partial charge in [-0.25, -0.2) is 4.79 Å². The first kappa shape index (κ1) is 18.5. The van der Waals surface area contributed by atoms with Crippen LogP contribution in [0.1, 0.15) is 22.8 Å². The lowest BCUT2D eigenvalue weighted by atomic mass is 10.1. The number of hydrogen-bond acceptors (Lipinski definition) is 3. The number of carbonyl (C=O) groups is 2. The van der Waals surface area contributed by atoms with E-state index in [1.807, 2.05) is 6.07 Å². The van der Waals surface area contributed by atoms with E-state index in [4.69, 9.17) is 4.74 Å². The van der Waals surface area contributed by atoms with Gasteiger partial charge in [-0.1, -0.05) is 18.2 Å². The summed E-state index contributed by atoms with van der Waals surface area (Å²) in [4.78, 5) is 25.5. The number of rotatable bonds is 5. The maximum Gasteiger partial charge on any atom is 0.416 e. The predicted molar refractivity (Wildman–Crippen MR) is 86.2 cm³/mol. The molecular formula is C18H16F3NO3. The second-order valence-electron chi connectivity index (χ2n) is 5.12. The van der Waals surface area contributed by atoms with Gasteiger partial charge in [-0.3, -0.25) is 4.79 Å². The zero-order chi connectivity index (χ0) is 18.4. The van der Waals surface area contributed by atoms with Crippen LogP contribution in [0, 0.1) is 0 Å². The lowest BCUT2D eigenvalue weighted by Crippen LogP contribution is -2.34. The zero-order valence-electron chi connectivity index (χ0n) is 13.4. The highest BCUT2D eigenvalue weighted by Crippen LogP contribution is 2.29. The van der Waals surface area contributed by atoms with Crippen LogP contribution in [-0.2, 0) is 15.7 Å². The molecule has 0 N–H and O–H groups in total. The van der Waals surface area contributed by atoms with Crippen LogP contribution in [0.5, 0.6) is 0 Å². The van der Waals surface area contributed by atoms with Crippen LogP contribution >= 0.6 is 0 Å². The highest BCUT2D eigenvalue weighted by molar-refractivity contribution is 5.97. The summed E-state index contributed by atoms with van der Waals surface area (Å²) in [6, 6.07) is 12.5. The lowest BCUT2D eigenvalue weighted by molar-refractivity contribution is -0.137. The van der Waals surface area contributed by atoms with Crippen LogP contribution in [0.3, 0.4) is 0 Å². The Morgan fingerprint density at radius 2 is 1.60 bits per heavy atom. The quantitative estimate of drug-likeness (QED) is 0.767. The van der Waals surface area contributed by atoms with E-state index in [0.29, 0.717) is 12.2 Å². The van der Waals surface area contributed by atoms with Crippen molar-refractivity contribution in [2.45, 2.75) is 13.1 Å². The molecule has 0 spiro atoms. The second-order valence-corrected chi connectivity index (χ2v) is 5.12. The molecule has 0 radical (unpaired) electrons. The molecule has 1 amide bonds. The van der Waals surface area contributed by atoms with Crippen molar-refractivity contribution in [3.05, 3.63) is 65.7 Å². The molecule has 0 saturated carbocycles. The van der Waals surface area contributed by atoms with Gasteiger partial charge in [0.1, 0.15) is 0 Å². The van der Waals surface area contributed by atoms with Crippen molar-refractivity contribution in [2.24, 2.45) is 0 Å². The molecule has 2 aromatic rings. The van der Waals surface area contributed by atoms with Crippen molar-refractivity contribution in [2.75, 3.05) is 18.1 Å². The third-order valence-corrected chi connectivity index (χ3v) is 3.46. The van der Waals surface area contributed by atoms with Crippen LogP contribution in [0.25, 0.3) is 0 Å². The molecular weight excluding hydrogens is 335 g/mol. The molecule has 0 aromatic heterocycles. The molecule has 132 valence electrons. The zero-order valence-corrected chi connectivity index (χ0v) is 13.4. The number of amides is 1. The van der Waals surface area contributed by atoms with E-state index in [1.165, 1.54) is 4.90 Å². The summed E-state index contributed by atoms with van der Waals surface area (Å²) in [7, 11) is 0. The summed E-state index contributed by atoms with van der Waals surface area (Å²) >= 11 is 0. The third kappa shape index (κ3) is 4.82. The fraction of sp³-hybridized carbons (Fsp3) is 0.222. The molecule has 0 atom stereocenters. The normalized spacial score (nSPS) is 11.0. The molecule has 0 fully saturated rings. The predicted octanol–water partition coefficient (Wildman–Crippen LogP) is 3.92. The smallest absolute Gasteiger partial charge is 0.416 e. The van der Waals surface area contributed by atoms with Gasteiger partial charge < -0.3 is 9.64 Å². The van der Waals surface area contributed by atoms with Crippen molar-refractivity contribution >= 4 is 17.6 Å². The summed E-state index contributed by atoms with van der Waals surface area (Å²) in [5, 5.41) is 0. The number of likely N-dealkylation sites (N-methyl/N-ethyl adjacent to an activating group) is 1. The molecule has 0 aliphatic carbocycles. The number of carbonyl (C=O) groups excluding carboxylic acids is 2. The molecule has 0 bridgehead atoms. The van der Waals surface area contributed by atoms with E-state index in [9.17, 15) is 22.8 Å². The number of ether oxygens (including phenoxy) is 1. The van der Waals surface area contributed by atoms with Crippen molar-refractivity contribution in [1.82, 2.24) is 0 Å². The standard InChI is InChI=1S/C18H16F3NO3/c1-2-22(15-6-4-3-5-7-15)16(23)12-25-17(24)13-8-10-14(11-9-13)18(19,20)21/h3-11H,2,12H2,1H3. The summed E-state index contributed by atoms with van der Waals surface area (Å²) in [6.07, 6.45) is -4.48. The topological polar surface area (TPSA) is 46.6 Å². The monoisotopic (exact) mass is 351 g/mol. The Kier molecular flexibility index (Phi) is 5.80. The minimum absolute atomic E-state index is 0.0523. The number of anilines is 1. The van der Waals surface area contributed by atoms with Crippen molar-refractivity contribution in [1.29, 1.82) is 0 Å². The van der Waals surface area contributed by atoms with Gasteiger partial charge in [-0.2, -0.15) is 13.2 Å². The van der Waals surface area contributed by atoms with Gasteiger partial charge in [-0.05, 0) is 43.3 Å². The highest BCUT2D eigenvalue weighted by Gasteiger charge is 2.30. The van der Waals surface area contributed by atoms with E-state index < -0.39 is 30.2 Å². The number of alkyl halides is 3. The minimum atomic E-state index is -4.48. The van der Waals surface area contributed by atoms with E-state index in [2.05, 4.69) is 0 Å². The number of hydrogen-bond donors (Lipinski definition) is 0. The molecule has 0 unspecified atom stereocenters. The summed E-state index contributed by atoms with van der Waals surface area (Å²) in [5.41, 5.74) is -0.245. The summed E-state index contributed by atoms with van der Waals surface area (Å²) in [5.74, 6) is -1.28. The molecule has 0 heterocycles. The van der Waals surface area contributed by atoms with Crippen molar-refractivity contribution in [3.8, 4) is 0 Å². The molecule has 4 nitrogen and oxygen atoms in total. The Labute approximate surface area is 142 Å². The number of benzene rings is 2. The van der Waals surface area contributed by atoms with E-state index in [0.717, 1.165) is 24.3 Å².